The Morgan fingerprint density at radius 1 is 1.00 bits per heavy atom. The molecule has 170 valence electrons. The van der Waals surface area contributed by atoms with Gasteiger partial charge in [0.2, 0.25) is 5.91 Å². The van der Waals surface area contributed by atoms with Crippen LogP contribution in [-0.4, -0.2) is 27.7 Å². The van der Waals surface area contributed by atoms with Gasteiger partial charge < -0.3 is 21.3 Å². The minimum absolute atomic E-state index is 0.0476. The standard InChI is InChI=1S/C25H31N3O3S/c1-16(2)13-20-21(15-32-19-11-9-18(26)10-12-19)25(31)28(24(20)30)22(23(29)27-3)14-17-7-5-4-6-8-17/h4-12,16,22,30-31H,13-15,26H2,1-3H3,(H,27,29)/t22-/m0/s1. The first-order valence-corrected chi connectivity index (χ1v) is 11.7. The molecule has 1 aromatic heterocycles. The topological polar surface area (TPSA) is 101 Å². The maximum atomic E-state index is 12.8. The summed E-state index contributed by atoms with van der Waals surface area (Å²) in [5.41, 5.74) is 8.74. The van der Waals surface area contributed by atoms with E-state index in [0.717, 1.165) is 10.5 Å². The van der Waals surface area contributed by atoms with E-state index in [1.165, 1.54) is 4.57 Å². The molecule has 5 N–H and O–H groups in total. The summed E-state index contributed by atoms with van der Waals surface area (Å²) in [6, 6.07) is 16.3. The quantitative estimate of drug-likeness (QED) is 0.282. The van der Waals surface area contributed by atoms with Gasteiger partial charge in [-0.1, -0.05) is 44.2 Å². The summed E-state index contributed by atoms with van der Waals surface area (Å²) in [5, 5.41) is 25.0. The van der Waals surface area contributed by atoms with Crippen LogP contribution in [0.2, 0.25) is 0 Å². The number of anilines is 1. The van der Waals surface area contributed by atoms with Crippen LogP contribution in [-0.2, 0) is 23.4 Å². The number of hydrogen-bond donors (Lipinski definition) is 4. The number of aromatic nitrogens is 1. The number of likely N-dealkylation sites (N-methyl/N-ethyl adjacent to an activating group) is 1. The average molecular weight is 454 g/mol. The molecule has 0 aliphatic heterocycles. The first kappa shape index (κ1) is 23.6. The number of rotatable bonds is 9. The van der Waals surface area contributed by atoms with Gasteiger partial charge in [-0.15, -0.1) is 11.8 Å². The molecule has 0 unspecified atom stereocenters. The molecule has 1 amide bonds. The number of thioether (sulfide) groups is 1. The van der Waals surface area contributed by atoms with Gasteiger partial charge in [0.25, 0.3) is 0 Å². The van der Waals surface area contributed by atoms with Crippen LogP contribution in [0.5, 0.6) is 11.8 Å². The number of nitrogens with one attached hydrogen (secondary N) is 1. The summed E-state index contributed by atoms with van der Waals surface area (Å²) in [7, 11) is 1.56. The van der Waals surface area contributed by atoms with Gasteiger partial charge in [0.05, 0.1) is 0 Å². The Bertz CT molecular complexity index is 1050. The van der Waals surface area contributed by atoms with Gasteiger partial charge in [0, 0.05) is 40.9 Å². The van der Waals surface area contributed by atoms with Gasteiger partial charge in [0.15, 0.2) is 11.8 Å². The molecule has 0 bridgehead atoms. The van der Waals surface area contributed by atoms with E-state index in [1.807, 2.05) is 54.6 Å². The molecule has 0 aliphatic carbocycles. The normalized spacial score (nSPS) is 12.1. The van der Waals surface area contributed by atoms with Crippen molar-refractivity contribution in [2.75, 3.05) is 12.8 Å². The van der Waals surface area contributed by atoms with Crippen LogP contribution in [0.4, 0.5) is 5.69 Å². The van der Waals surface area contributed by atoms with Crippen LogP contribution >= 0.6 is 11.8 Å². The molecule has 7 heteroatoms. The summed E-state index contributed by atoms with van der Waals surface area (Å²) in [6.45, 7) is 4.12. The number of nitrogens with two attached hydrogens (primary N) is 1. The van der Waals surface area contributed by atoms with Gasteiger partial charge in [0.1, 0.15) is 6.04 Å². The van der Waals surface area contributed by atoms with Crippen molar-refractivity contribution in [3.05, 3.63) is 71.3 Å². The number of amides is 1. The first-order chi connectivity index (χ1) is 15.3. The summed E-state index contributed by atoms with van der Waals surface area (Å²) in [4.78, 5) is 13.8. The van der Waals surface area contributed by atoms with Crippen LogP contribution in [0.25, 0.3) is 0 Å². The maximum absolute atomic E-state index is 12.8. The molecule has 3 aromatic rings. The first-order valence-electron chi connectivity index (χ1n) is 10.7. The Hall–Kier alpha value is -3.06. The molecule has 0 aliphatic rings. The summed E-state index contributed by atoms with van der Waals surface area (Å²) < 4.78 is 1.38. The lowest BCUT2D eigenvalue weighted by atomic mass is 10.0. The van der Waals surface area contributed by atoms with Gasteiger partial charge in [-0.05, 0) is 42.2 Å². The SMILES string of the molecule is CNC(=O)[C@H](Cc1ccccc1)n1c(O)c(CSc2ccc(N)cc2)c(CC(C)C)c1O. The Labute approximate surface area is 193 Å². The fraction of sp³-hybridized carbons (Fsp3) is 0.320. The highest BCUT2D eigenvalue weighted by atomic mass is 32.2. The van der Waals surface area contributed by atoms with Crippen molar-refractivity contribution >= 4 is 23.4 Å². The molecule has 0 fully saturated rings. The van der Waals surface area contributed by atoms with E-state index in [9.17, 15) is 15.0 Å². The highest BCUT2D eigenvalue weighted by Crippen LogP contribution is 2.42. The highest BCUT2D eigenvalue weighted by Gasteiger charge is 2.31. The van der Waals surface area contributed by atoms with E-state index in [2.05, 4.69) is 19.2 Å². The van der Waals surface area contributed by atoms with Gasteiger partial charge in [-0.25, -0.2) is 0 Å². The molecular formula is C25H31N3O3S. The third-order valence-corrected chi connectivity index (χ3v) is 6.41. The fourth-order valence-electron chi connectivity index (χ4n) is 3.76. The second kappa shape index (κ2) is 10.5. The minimum atomic E-state index is -0.774. The third kappa shape index (κ3) is 5.40. The second-order valence-corrected chi connectivity index (χ2v) is 9.30. The molecule has 0 radical (unpaired) electrons. The Morgan fingerprint density at radius 3 is 2.22 bits per heavy atom. The summed E-state index contributed by atoms with van der Waals surface area (Å²) in [5.74, 6) is 0.344. The van der Waals surface area contributed by atoms with Crippen LogP contribution in [0.1, 0.15) is 36.6 Å². The molecule has 0 saturated carbocycles. The number of carbonyl (C=O) groups is 1. The van der Waals surface area contributed by atoms with Crippen LogP contribution < -0.4 is 11.1 Å². The number of nitrogens with zero attached hydrogens (tertiary/aromatic N) is 1. The van der Waals surface area contributed by atoms with Crippen molar-refractivity contribution in [3.8, 4) is 11.8 Å². The molecule has 32 heavy (non-hydrogen) atoms. The van der Waals surface area contributed by atoms with Crippen molar-refractivity contribution in [1.29, 1.82) is 0 Å². The molecule has 6 nitrogen and oxygen atoms in total. The lowest BCUT2D eigenvalue weighted by molar-refractivity contribution is -0.124. The van der Waals surface area contributed by atoms with E-state index < -0.39 is 6.04 Å². The van der Waals surface area contributed by atoms with E-state index in [4.69, 9.17) is 5.73 Å². The fourth-order valence-corrected chi connectivity index (χ4v) is 4.70. The molecule has 1 heterocycles. The lowest BCUT2D eigenvalue weighted by Gasteiger charge is -2.20. The predicted octanol–water partition coefficient (Wildman–Crippen LogP) is 4.50. The number of aromatic hydroxyl groups is 2. The summed E-state index contributed by atoms with van der Waals surface area (Å²) >= 11 is 1.55. The number of nitrogen functional groups attached to an aromatic ring is 1. The van der Waals surface area contributed by atoms with E-state index in [0.29, 0.717) is 35.4 Å². The molecule has 2 aromatic carbocycles. The van der Waals surface area contributed by atoms with E-state index >= 15 is 0 Å². The molecule has 0 spiro atoms. The van der Waals surface area contributed by atoms with Crippen LogP contribution in [0.15, 0.2) is 59.5 Å². The number of hydrogen-bond acceptors (Lipinski definition) is 5. The zero-order valence-electron chi connectivity index (χ0n) is 18.7. The Morgan fingerprint density at radius 2 is 1.62 bits per heavy atom. The van der Waals surface area contributed by atoms with Gasteiger partial charge in [-0.3, -0.25) is 9.36 Å². The smallest absolute Gasteiger partial charge is 0.243 e. The van der Waals surface area contributed by atoms with Crippen LogP contribution in [0, 0.1) is 5.92 Å². The van der Waals surface area contributed by atoms with E-state index in [1.54, 1.807) is 18.8 Å². The van der Waals surface area contributed by atoms with Crippen molar-refractivity contribution in [1.82, 2.24) is 9.88 Å². The lowest BCUT2D eigenvalue weighted by Crippen LogP contribution is -2.31. The monoisotopic (exact) mass is 453 g/mol. The minimum Gasteiger partial charge on any atom is -0.494 e. The Kier molecular flexibility index (Phi) is 7.75. The Balaban J connectivity index is 2.01. The predicted molar refractivity (Wildman–Crippen MR) is 130 cm³/mol. The largest absolute Gasteiger partial charge is 0.494 e. The van der Waals surface area contributed by atoms with E-state index in [-0.39, 0.29) is 23.6 Å². The van der Waals surface area contributed by atoms with Crippen molar-refractivity contribution in [2.24, 2.45) is 5.92 Å². The average Bonchev–Trinajstić information content (AvgIpc) is 3.00. The van der Waals surface area contributed by atoms with Crippen molar-refractivity contribution in [3.63, 3.8) is 0 Å². The van der Waals surface area contributed by atoms with Crippen LogP contribution in [0.3, 0.4) is 0 Å². The summed E-state index contributed by atoms with van der Waals surface area (Å²) in [6.07, 6.45) is 0.942. The van der Waals surface area contributed by atoms with Crippen molar-refractivity contribution in [2.45, 2.75) is 43.4 Å². The maximum Gasteiger partial charge on any atom is 0.243 e. The third-order valence-electron chi connectivity index (χ3n) is 5.37. The molecule has 3 rings (SSSR count). The highest BCUT2D eigenvalue weighted by molar-refractivity contribution is 7.98. The van der Waals surface area contributed by atoms with Gasteiger partial charge in [-0.2, -0.15) is 0 Å². The van der Waals surface area contributed by atoms with Crippen molar-refractivity contribution < 1.29 is 15.0 Å². The molecular weight excluding hydrogens is 422 g/mol. The zero-order chi connectivity index (χ0) is 23.3. The number of carbonyl (C=O) groups excluding carboxylic acids is 1. The zero-order valence-corrected chi connectivity index (χ0v) is 19.5. The molecule has 0 saturated heterocycles. The second-order valence-electron chi connectivity index (χ2n) is 8.25. The number of benzene rings is 2. The molecule has 1 atom stereocenters. The van der Waals surface area contributed by atoms with Gasteiger partial charge >= 0.3 is 0 Å².